The molecule has 3 heteroatoms. The fourth-order valence-corrected chi connectivity index (χ4v) is 1.81. The van der Waals surface area contributed by atoms with Crippen LogP contribution < -0.4 is 0 Å². The highest BCUT2D eigenvalue weighted by Gasteiger charge is 2.21. The summed E-state index contributed by atoms with van der Waals surface area (Å²) in [5.41, 5.74) is 1.55. The third-order valence-corrected chi connectivity index (χ3v) is 2.96. The summed E-state index contributed by atoms with van der Waals surface area (Å²) in [6, 6.07) is 9.59. The Morgan fingerprint density at radius 2 is 1.82 bits per heavy atom. The van der Waals surface area contributed by atoms with Crippen LogP contribution in [-0.2, 0) is 0 Å². The van der Waals surface area contributed by atoms with Crippen molar-refractivity contribution in [2.45, 2.75) is 26.1 Å². The van der Waals surface area contributed by atoms with E-state index >= 15 is 0 Å². The van der Waals surface area contributed by atoms with Crippen LogP contribution >= 0.6 is 0 Å². The molecule has 0 bridgehead atoms. The molecule has 0 aliphatic rings. The summed E-state index contributed by atoms with van der Waals surface area (Å²) in [4.78, 5) is 4.27. The molecule has 2 N–H and O–H groups in total. The first-order valence-electron chi connectivity index (χ1n) is 5.80. The summed E-state index contributed by atoms with van der Waals surface area (Å²) in [5, 5.41) is 20.8. The van der Waals surface area contributed by atoms with E-state index in [0.29, 0.717) is 5.56 Å². The first kappa shape index (κ1) is 12.0. The quantitative estimate of drug-likeness (QED) is 0.852. The van der Waals surface area contributed by atoms with Crippen LogP contribution in [0.5, 0.6) is 0 Å². The standard InChI is InChI=1S/C14H17NO2/c1-9(2)13(16)14(17)11-7-10-5-3-4-6-12(10)15-8-11/h3-9,13-14,16-17H,1-2H3. The van der Waals surface area contributed by atoms with Gasteiger partial charge in [-0.05, 0) is 18.1 Å². The monoisotopic (exact) mass is 231 g/mol. The maximum atomic E-state index is 10.0. The lowest BCUT2D eigenvalue weighted by Gasteiger charge is -2.21. The van der Waals surface area contributed by atoms with Gasteiger partial charge in [-0.1, -0.05) is 32.0 Å². The third-order valence-electron chi connectivity index (χ3n) is 2.96. The highest BCUT2D eigenvalue weighted by atomic mass is 16.3. The molecule has 2 aromatic rings. The molecule has 0 fully saturated rings. The molecular weight excluding hydrogens is 214 g/mol. The summed E-state index contributed by atoms with van der Waals surface area (Å²) in [6.07, 6.45) is -0.0245. The molecule has 2 atom stereocenters. The van der Waals surface area contributed by atoms with Crippen LogP contribution in [0.4, 0.5) is 0 Å². The lowest BCUT2D eigenvalue weighted by atomic mass is 9.96. The van der Waals surface area contributed by atoms with E-state index in [4.69, 9.17) is 0 Å². The van der Waals surface area contributed by atoms with Crippen molar-refractivity contribution in [1.82, 2.24) is 4.98 Å². The van der Waals surface area contributed by atoms with E-state index < -0.39 is 12.2 Å². The zero-order valence-electron chi connectivity index (χ0n) is 10.0. The van der Waals surface area contributed by atoms with Gasteiger partial charge >= 0.3 is 0 Å². The zero-order chi connectivity index (χ0) is 12.4. The largest absolute Gasteiger partial charge is 0.390 e. The summed E-state index contributed by atoms with van der Waals surface area (Å²) in [7, 11) is 0. The first-order valence-corrected chi connectivity index (χ1v) is 5.80. The fraction of sp³-hybridized carbons (Fsp3) is 0.357. The van der Waals surface area contributed by atoms with Crippen LogP contribution in [0.15, 0.2) is 36.5 Å². The van der Waals surface area contributed by atoms with Gasteiger partial charge in [0.25, 0.3) is 0 Å². The van der Waals surface area contributed by atoms with Gasteiger partial charge in [-0.3, -0.25) is 4.98 Å². The minimum Gasteiger partial charge on any atom is -0.390 e. The van der Waals surface area contributed by atoms with E-state index in [0.717, 1.165) is 10.9 Å². The summed E-state index contributed by atoms with van der Waals surface area (Å²) in [6.45, 7) is 3.75. The molecule has 1 heterocycles. The van der Waals surface area contributed by atoms with Crippen LogP contribution in [0, 0.1) is 5.92 Å². The van der Waals surface area contributed by atoms with Gasteiger partial charge in [0.15, 0.2) is 0 Å². The van der Waals surface area contributed by atoms with Gasteiger partial charge < -0.3 is 10.2 Å². The van der Waals surface area contributed by atoms with Gasteiger partial charge in [-0.2, -0.15) is 0 Å². The smallest absolute Gasteiger partial charge is 0.107 e. The Balaban J connectivity index is 2.36. The van der Waals surface area contributed by atoms with Crippen molar-refractivity contribution in [3.05, 3.63) is 42.1 Å². The van der Waals surface area contributed by atoms with E-state index in [-0.39, 0.29) is 5.92 Å². The van der Waals surface area contributed by atoms with Gasteiger partial charge in [-0.25, -0.2) is 0 Å². The van der Waals surface area contributed by atoms with Crippen LogP contribution in [0.2, 0.25) is 0 Å². The molecule has 3 nitrogen and oxygen atoms in total. The molecule has 1 aromatic carbocycles. The van der Waals surface area contributed by atoms with E-state index in [1.807, 2.05) is 44.2 Å². The number of aromatic nitrogens is 1. The minimum atomic E-state index is -0.882. The topological polar surface area (TPSA) is 53.4 Å². The number of fused-ring (bicyclic) bond motifs is 1. The molecule has 90 valence electrons. The Hall–Kier alpha value is -1.45. The Labute approximate surface area is 101 Å². The SMILES string of the molecule is CC(C)C(O)C(O)c1cnc2ccccc2c1. The average molecular weight is 231 g/mol. The molecule has 0 radical (unpaired) electrons. The van der Waals surface area contributed by atoms with Crippen molar-refractivity contribution in [2.75, 3.05) is 0 Å². The van der Waals surface area contributed by atoms with Crippen molar-refractivity contribution < 1.29 is 10.2 Å². The molecule has 0 amide bonds. The predicted molar refractivity (Wildman–Crippen MR) is 67.5 cm³/mol. The highest BCUT2D eigenvalue weighted by Crippen LogP contribution is 2.23. The Kier molecular flexibility index (Phi) is 3.41. The van der Waals surface area contributed by atoms with Gasteiger partial charge in [0, 0.05) is 17.1 Å². The Morgan fingerprint density at radius 3 is 2.53 bits per heavy atom. The van der Waals surface area contributed by atoms with Crippen molar-refractivity contribution in [1.29, 1.82) is 0 Å². The molecular formula is C14H17NO2. The number of aliphatic hydroxyl groups excluding tert-OH is 2. The maximum Gasteiger partial charge on any atom is 0.107 e. The van der Waals surface area contributed by atoms with Gasteiger partial charge in [0.2, 0.25) is 0 Å². The number of hydrogen-bond donors (Lipinski definition) is 2. The average Bonchev–Trinajstić information content (AvgIpc) is 2.36. The van der Waals surface area contributed by atoms with Crippen LogP contribution in [0.3, 0.4) is 0 Å². The molecule has 2 unspecified atom stereocenters. The van der Waals surface area contributed by atoms with Gasteiger partial charge in [0.1, 0.15) is 6.10 Å². The highest BCUT2D eigenvalue weighted by molar-refractivity contribution is 5.78. The van der Waals surface area contributed by atoms with Crippen molar-refractivity contribution in [2.24, 2.45) is 5.92 Å². The van der Waals surface area contributed by atoms with Crippen molar-refractivity contribution in [3.63, 3.8) is 0 Å². The van der Waals surface area contributed by atoms with E-state index in [1.54, 1.807) is 6.20 Å². The number of rotatable bonds is 3. The van der Waals surface area contributed by atoms with Crippen LogP contribution in [0.1, 0.15) is 25.5 Å². The third kappa shape index (κ3) is 2.46. The van der Waals surface area contributed by atoms with Crippen molar-refractivity contribution >= 4 is 10.9 Å². The number of hydrogen-bond acceptors (Lipinski definition) is 3. The number of pyridine rings is 1. The molecule has 0 saturated heterocycles. The molecule has 2 rings (SSSR count). The van der Waals surface area contributed by atoms with Crippen LogP contribution in [-0.4, -0.2) is 21.3 Å². The molecule has 0 aliphatic carbocycles. The molecule has 0 aliphatic heterocycles. The lowest BCUT2D eigenvalue weighted by Crippen LogP contribution is -2.24. The predicted octanol–water partition coefficient (Wildman–Crippen LogP) is 2.29. The summed E-state index contributed by atoms with van der Waals surface area (Å²) < 4.78 is 0. The summed E-state index contributed by atoms with van der Waals surface area (Å²) >= 11 is 0. The number of aliphatic hydroxyl groups is 2. The Morgan fingerprint density at radius 1 is 1.12 bits per heavy atom. The van der Waals surface area contributed by atoms with E-state index in [9.17, 15) is 10.2 Å². The van der Waals surface area contributed by atoms with Gasteiger partial charge in [0.05, 0.1) is 11.6 Å². The second-order valence-electron chi connectivity index (χ2n) is 4.64. The number of para-hydroxylation sites is 1. The fourth-order valence-electron chi connectivity index (χ4n) is 1.81. The normalized spacial score (nSPS) is 15.1. The zero-order valence-corrected chi connectivity index (χ0v) is 10.0. The van der Waals surface area contributed by atoms with Gasteiger partial charge in [-0.15, -0.1) is 0 Å². The Bertz CT molecular complexity index is 510. The molecule has 1 aromatic heterocycles. The molecule has 0 spiro atoms. The number of benzene rings is 1. The van der Waals surface area contributed by atoms with Crippen molar-refractivity contribution in [3.8, 4) is 0 Å². The second-order valence-corrected chi connectivity index (χ2v) is 4.64. The van der Waals surface area contributed by atoms with Crippen LogP contribution in [0.25, 0.3) is 10.9 Å². The second kappa shape index (κ2) is 4.82. The molecule has 0 saturated carbocycles. The maximum absolute atomic E-state index is 10.0. The van der Waals surface area contributed by atoms with E-state index in [1.165, 1.54) is 0 Å². The lowest BCUT2D eigenvalue weighted by molar-refractivity contribution is -0.00948. The minimum absolute atomic E-state index is 0.0106. The number of nitrogens with zero attached hydrogens (tertiary/aromatic N) is 1. The van der Waals surface area contributed by atoms with E-state index in [2.05, 4.69) is 4.98 Å². The summed E-state index contributed by atoms with van der Waals surface area (Å²) in [5.74, 6) is 0.0106. The molecule has 17 heavy (non-hydrogen) atoms. The first-order chi connectivity index (χ1) is 8.09.